The highest BCUT2D eigenvalue weighted by Gasteiger charge is 2.00. The van der Waals surface area contributed by atoms with Crippen molar-refractivity contribution in [3.63, 3.8) is 0 Å². The lowest BCUT2D eigenvalue weighted by molar-refractivity contribution is 0.554. The quantitative estimate of drug-likeness (QED) is 0.719. The number of hydrogen-bond acceptors (Lipinski definition) is 3. The van der Waals surface area contributed by atoms with E-state index in [1.165, 1.54) is 11.1 Å². The molecule has 0 aliphatic rings. The van der Waals surface area contributed by atoms with Crippen LogP contribution >= 0.6 is 0 Å². The van der Waals surface area contributed by atoms with E-state index in [1.54, 1.807) is 0 Å². The van der Waals surface area contributed by atoms with Crippen molar-refractivity contribution in [1.29, 1.82) is 0 Å². The van der Waals surface area contributed by atoms with E-state index < -0.39 is 0 Å². The molecule has 1 unspecified atom stereocenters. The van der Waals surface area contributed by atoms with Crippen molar-refractivity contribution in [1.82, 2.24) is 10.3 Å². The van der Waals surface area contributed by atoms with Gasteiger partial charge in [0.25, 0.3) is 0 Å². The molecule has 0 aliphatic heterocycles. The molecule has 1 rings (SSSR count). The monoisotopic (exact) mass is 179 g/mol. The lowest BCUT2D eigenvalue weighted by Gasteiger charge is -2.11. The van der Waals surface area contributed by atoms with Crippen LogP contribution in [0.25, 0.3) is 0 Å². The minimum atomic E-state index is 0.361. The Kier molecular flexibility index (Phi) is 3.86. The van der Waals surface area contributed by atoms with Crippen LogP contribution in [0.4, 0.5) is 0 Å². The van der Waals surface area contributed by atoms with Gasteiger partial charge in [0, 0.05) is 31.5 Å². The highest BCUT2D eigenvalue weighted by atomic mass is 14.9. The Morgan fingerprint density at radius 1 is 1.62 bits per heavy atom. The molecule has 1 atom stereocenters. The first-order valence-corrected chi connectivity index (χ1v) is 4.57. The number of aryl methyl sites for hydroxylation is 1. The van der Waals surface area contributed by atoms with Crippen molar-refractivity contribution >= 4 is 0 Å². The van der Waals surface area contributed by atoms with Crippen molar-refractivity contribution in [3.05, 3.63) is 29.6 Å². The molecule has 3 N–H and O–H groups in total. The lowest BCUT2D eigenvalue weighted by atomic mass is 10.1. The largest absolute Gasteiger partial charge is 0.329 e. The van der Waals surface area contributed by atoms with Crippen molar-refractivity contribution in [2.24, 2.45) is 5.73 Å². The van der Waals surface area contributed by atoms with Gasteiger partial charge in [-0.3, -0.25) is 4.98 Å². The Morgan fingerprint density at radius 3 is 3.00 bits per heavy atom. The van der Waals surface area contributed by atoms with Gasteiger partial charge in [0.15, 0.2) is 0 Å². The summed E-state index contributed by atoms with van der Waals surface area (Å²) in [4.78, 5) is 4.08. The van der Waals surface area contributed by atoms with Crippen LogP contribution in [0.2, 0.25) is 0 Å². The second kappa shape index (κ2) is 4.94. The Balaban J connectivity index is 2.50. The van der Waals surface area contributed by atoms with Gasteiger partial charge in [0.1, 0.15) is 0 Å². The van der Waals surface area contributed by atoms with Crippen LogP contribution in [0.3, 0.4) is 0 Å². The normalized spacial score (nSPS) is 12.8. The Bertz CT molecular complexity index is 260. The average Bonchev–Trinajstić information content (AvgIpc) is 2.16. The van der Waals surface area contributed by atoms with Gasteiger partial charge in [0.2, 0.25) is 0 Å². The third-order valence-electron chi connectivity index (χ3n) is 2.14. The molecule has 1 aromatic heterocycles. The summed E-state index contributed by atoms with van der Waals surface area (Å²) < 4.78 is 0. The molecule has 0 amide bonds. The summed E-state index contributed by atoms with van der Waals surface area (Å²) in [6.45, 7) is 5.68. The summed E-state index contributed by atoms with van der Waals surface area (Å²) in [6.07, 6.45) is 3.71. The van der Waals surface area contributed by atoms with Gasteiger partial charge in [-0.15, -0.1) is 0 Å². The molecule has 0 fully saturated rings. The van der Waals surface area contributed by atoms with E-state index in [0.717, 1.165) is 6.54 Å². The molecule has 0 spiro atoms. The molecule has 72 valence electrons. The molecule has 0 aliphatic carbocycles. The number of aromatic nitrogens is 1. The molecule has 0 saturated carbocycles. The van der Waals surface area contributed by atoms with Crippen LogP contribution in [0.15, 0.2) is 18.5 Å². The molecule has 0 aromatic carbocycles. The first-order valence-electron chi connectivity index (χ1n) is 4.57. The molecule has 13 heavy (non-hydrogen) atoms. The summed E-state index contributed by atoms with van der Waals surface area (Å²) in [7, 11) is 0. The summed E-state index contributed by atoms with van der Waals surface area (Å²) in [5, 5.41) is 3.32. The molecule has 1 aromatic rings. The fourth-order valence-electron chi connectivity index (χ4n) is 1.05. The van der Waals surface area contributed by atoms with Gasteiger partial charge in [-0.2, -0.15) is 0 Å². The number of nitrogens with zero attached hydrogens (tertiary/aromatic N) is 1. The van der Waals surface area contributed by atoms with Gasteiger partial charge < -0.3 is 11.1 Å². The highest BCUT2D eigenvalue weighted by molar-refractivity contribution is 5.21. The second-order valence-electron chi connectivity index (χ2n) is 3.32. The van der Waals surface area contributed by atoms with E-state index in [0.29, 0.717) is 12.6 Å². The number of rotatable bonds is 4. The predicted octanol–water partition coefficient (Wildman–Crippen LogP) is 0.827. The van der Waals surface area contributed by atoms with Crippen molar-refractivity contribution in [3.8, 4) is 0 Å². The Morgan fingerprint density at radius 2 is 2.38 bits per heavy atom. The summed E-state index contributed by atoms with van der Waals surface area (Å²) >= 11 is 0. The van der Waals surface area contributed by atoms with E-state index in [-0.39, 0.29) is 0 Å². The fourth-order valence-corrected chi connectivity index (χ4v) is 1.05. The topological polar surface area (TPSA) is 50.9 Å². The average molecular weight is 179 g/mol. The van der Waals surface area contributed by atoms with Gasteiger partial charge in [-0.25, -0.2) is 0 Å². The van der Waals surface area contributed by atoms with E-state index >= 15 is 0 Å². The predicted molar refractivity (Wildman–Crippen MR) is 54.3 cm³/mol. The van der Waals surface area contributed by atoms with Crippen LogP contribution in [0, 0.1) is 6.92 Å². The maximum absolute atomic E-state index is 5.50. The van der Waals surface area contributed by atoms with Gasteiger partial charge in [0.05, 0.1) is 0 Å². The van der Waals surface area contributed by atoms with E-state index in [4.69, 9.17) is 5.73 Å². The molecule has 3 nitrogen and oxygen atoms in total. The third-order valence-corrected chi connectivity index (χ3v) is 2.14. The van der Waals surface area contributed by atoms with Crippen molar-refractivity contribution in [2.75, 3.05) is 6.54 Å². The number of hydrogen-bond donors (Lipinski definition) is 2. The molecule has 0 radical (unpaired) electrons. The summed E-state index contributed by atoms with van der Waals surface area (Å²) in [6, 6.07) is 2.38. The minimum Gasteiger partial charge on any atom is -0.329 e. The third kappa shape index (κ3) is 3.13. The minimum absolute atomic E-state index is 0.361. The zero-order valence-corrected chi connectivity index (χ0v) is 8.25. The van der Waals surface area contributed by atoms with E-state index in [1.807, 2.05) is 18.5 Å². The Labute approximate surface area is 79.4 Å². The molecular weight excluding hydrogens is 162 g/mol. The Hall–Kier alpha value is -0.930. The van der Waals surface area contributed by atoms with E-state index in [2.05, 4.69) is 24.1 Å². The molecule has 0 saturated heterocycles. The summed E-state index contributed by atoms with van der Waals surface area (Å²) in [5.74, 6) is 0. The molecular formula is C10H17N3. The van der Waals surface area contributed by atoms with E-state index in [9.17, 15) is 0 Å². The van der Waals surface area contributed by atoms with Crippen LogP contribution in [0.5, 0.6) is 0 Å². The maximum Gasteiger partial charge on any atom is 0.0315 e. The standard InChI is InChI=1S/C10H17N3/c1-8-3-4-12-6-10(8)7-13-9(2)5-11/h3-4,6,9,13H,5,7,11H2,1-2H3. The SMILES string of the molecule is Cc1ccncc1CNC(C)CN. The van der Waals surface area contributed by atoms with Gasteiger partial charge in [-0.1, -0.05) is 0 Å². The van der Waals surface area contributed by atoms with Crippen molar-refractivity contribution in [2.45, 2.75) is 26.4 Å². The van der Waals surface area contributed by atoms with Gasteiger partial charge in [-0.05, 0) is 31.0 Å². The smallest absolute Gasteiger partial charge is 0.0315 e. The zero-order chi connectivity index (χ0) is 9.68. The highest BCUT2D eigenvalue weighted by Crippen LogP contribution is 2.04. The number of pyridine rings is 1. The second-order valence-corrected chi connectivity index (χ2v) is 3.32. The van der Waals surface area contributed by atoms with Gasteiger partial charge >= 0.3 is 0 Å². The van der Waals surface area contributed by atoms with Crippen LogP contribution in [-0.4, -0.2) is 17.6 Å². The fraction of sp³-hybridized carbons (Fsp3) is 0.500. The maximum atomic E-state index is 5.50. The van der Waals surface area contributed by atoms with Crippen LogP contribution in [0.1, 0.15) is 18.1 Å². The molecule has 0 bridgehead atoms. The molecule has 1 heterocycles. The number of nitrogens with one attached hydrogen (secondary N) is 1. The first-order chi connectivity index (χ1) is 6.24. The zero-order valence-electron chi connectivity index (χ0n) is 8.25. The lowest BCUT2D eigenvalue weighted by Crippen LogP contribution is -2.32. The van der Waals surface area contributed by atoms with Crippen LogP contribution < -0.4 is 11.1 Å². The van der Waals surface area contributed by atoms with Crippen LogP contribution in [-0.2, 0) is 6.54 Å². The summed E-state index contributed by atoms with van der Waals surface area (Å²) in [5.41, 5.74) is 8.00. The number of nitrogens with two attached hydrogens (primary N) is 1. The molecule has 3 heteroatoms. The first kappa shape index (κ1) is 10.2. The van der Waals surface area contributed by atoms with Crippen molar-refractivity contribution < 1.29 is 0 Å².